The molecule has 1 aromatic heterocycles. The smallest absolute Gasteiger partial charge is 0.155 e. The van der Waals surface area contributed by atoms with Crippen molar-refractivity contribution in [1.29, 1.82) is 0 Å². The molecular formula is C16H29N5. The largest absolute Gasteiger partial charge is 0.393 e. The van der Waals surface area contributed by atoms with Crippen molar-refractivity contribution in [1.82, 2.24) is 9.97 Å². The Hall–Kier alpha value is -1.52. The molecule has 0 saturated heterocycles. The summed E-state index contributed by atoms with van der Waals surface area (Å²) in [6.45, 7) is 5.32. The molecule has 0 atom stereocenters. The molecule has 1 heterocycles. The number of nitrogens with two attached hydrogens (primary N) is 1. The number of nitrogens with one attached hydrogen (secondary N) is 2. The lowest BCUT2D eigenvalue weighted by Crippen LogP contribution is -2.21. The zero-order chi connectivity index (χ0) is 15.1. The van der Waals surface area contributed by atoms with Crippen LogP contribution in [0.15, 0.2) is 6.33 Å². The fourth-order valence-electron chi connectivity index (χ4n) is 2.75. The van der Waals surface area contributed by atoms with E-state index in [9.17, 15) is 0 Å². The fraction of sp³-hybridized carbons (Fsp3) is 0.750. The third-order valence-electron chi connectivity index (χ3n) is 4.09. The predicted molar refractivity (Wildman–Crippen MR) is 89.5 cm³/mol. The summed E-state index contributed by atoms with van der Waals surface area (Å²) >= 11 is 0. The maximum atomic E-state index is 6.21. The third kappa shape index (κ3) is 5.06. The Morgan fingerprint density at radius 1 is 1.14 bits per heavy atom. The summed E-state index contributed by atoms with van der Waals surface area (Å²) in [5.74, 6) is 2.20. The zero-order valence-corrected chi connectivity index (χ0v) is 13.4. The highest BCUT2D eigenvalue weighted by atomic mass is 15.1. The van der Waals surface area contributed by atoms with Gasteiger partial charge in [0.2, 0.25) is 0 Å². The minimum Gasteiger partial charge on any atom is -0.393 e. The molecule has 21 heavy (non-hydrogen) atoms. The van der Waals surface area contributed by atoms with Crippen LogP contribution in [0.25, 0.3) is 0 Å². The molecule has 0 aromatic carbocycles. The number of rotatable bonds is 6. The Kier molecular flexibility index (Phi) is 6.08. The van der Waals surface area contributed by atoms with Gasteiger partial charge < -0.3 is 16.4 Å². The van der Waals surface area contributed by atoms with Crippen molar-refractivity contribution < 1.29 is 0 Å². The number of aromatic nitrogens is 2. The molecule has 0 amide bonds. The molecule has 1 aliphatic rings. The summed E-state index contributed by atoms with van der Waals surface area (Å²) < 4.78 is 0. The van der Waals surface area contributed by atoms with E-state index >= 15 is 0 Å². The zero-order valence-electron chi connectivity index (χ0n) is 13.4. The summed E-state index contributed by atoms with van der Waals surface area (Å²) in [6.07, 6.45) is 10.4. The molecule has 1 aliphatic carbocycles. The van der Waals surface area contributed by atoms with Gasteiger partial charge in [-0.3, -0.25) is 0 Å². The average Bonchev–Trinajstić information content (AvgIpc) is 2.71. The molecule has 4 N–H and O–H groups in total. The van der Waals surface area contributed by atoms with Crippen LogP contribution in [0.4, 0.5) is 17.3 Å². The topological polar surface area (TPSA) is 75.9 Å². The summed E-state index contributed by atoms with van der Waals surface area (Å²) in [7, 11) is 0. The van der Waals surface area contributed by atoms with Gasteiger partial charge in [0.1, 0.15) is 12.0 Å². The van der Waals surface area contributed by atoms with Gasteiger partial charge in [-0.05, 0) is 25.2 Å². The molecule has 1 fully saturated rings. The SMILES string of the molecule is CC(C)CCNc1ncnc(NC2CCCCCC2)c1N. The molecule has 5 nitrogen and oxygen atoms in total. The summed E-state index contributed by atoms with van der Waals surface area (Å²) in [5, 5.41) is 6.83. The van der Waals surface area contributed by atoms with Gasteiger partial charge in [0.25, 0.3) is 0 Å². The first kappa shape index (κ1) is 15.9. The maximum absolute atomic E-state index is 6.21. The summed E-state index contributed by atoms with van der Waals surface area (Å²) in [5.41, 5.74) is 6.85. The van der Waals surface area contributed by atoms with Crippen molar-refractivity contribution in [3.05, 3.63) is 6.33 Å². The highest BCUT2D eigenvalue weighted by Crippen LogP contribution is 2.26. The summed E-state index contributed by atoms with van der Waals surface area (Å²) in [4.78, 5) is 8.58. The second kappa shape index (κ2) is 8.05. The fourth-order valence-corrected chi connectivity index (χ4v) is 2.75. The first-order valence-corrected chi connectivity index (χ1v) is 8.27. The van der Waals surface area contributed by atoms with Gasteiger partial charge in [0.15, 0.2) is 11.6 Å². The van der Waals surface area contributed by atoms with Crippen LogP contribution in [-0.4, -0.2) is 22.6 Å². The van der Waals surface area contributed by atoms with Crippen molar-refractivity contribution in [2.75, 3.05) is 22.9 Å². The highest BCUT2D eigenvalue weighted by molar-refractivity contribution is 5.74. The standard InChI is InChI=1S/C16H29N5/c1-12(2)9-10-18-15-14(17)16(20-11-19-15)21-13-7-5-3-4-6-8-13/h11-13H,3-10,17H2,1-2H3,(H2,18,19,20,21). The van der Waals surface area contributed by atoms with E-state index in [-0.39, 0.29) is 0 Å². The predicted octanol–water partition coefficient (Wildman–Crippen LogP) is 3.65. The van der Waals surface area contributed by atoms with E-state index in [1.807, 2.05) is 0 Å². The van der Waals surface area contributed by atoms with Crippen molar-refractivity contribution in [2.45, 2.75) is 64.8 Å². The molecule has 2 rings (SSSR count). The Labute approximate surface area is 128 Å². The number of hydrogen-bond donors (Lipinski definition) is 3. The van der Waals surface area contributed by atoms with Crippen molar-refractivity contribution in [3.8, 4) is 0 Å². The molecule has 0 radical (unpaired) electrons. The third-order valence-corrected chi connectivity index (χ3v) is 4.09. The van der Waals surface area contributed by atoms with Crippen LogP contribution in [-0.2, 0) is 0 Å². The van der Waals surface area contributed by atoms with Crippen molar-refractivity contribution in [3.63, 3.8) is 0 Å². The maximum Gasteiger partial charge on any atom is 0.155 e. The second-order valence-electron chi connectivity index (χ2n) is 6.43. The van der Waals surface area contributed by atoms with E-state index in [0.29, 0.717) is 17.6 Å². The van der Waals surface area contributed by atoms with E-state index in [1.165, 1.54) is 38.5 Å². The van der Waals surface area contributed by atoms with E-state index in [4.69, 9.17) is 5.73 Å². The van der Waals surface area contributed by atoms with Gasteiger partial charge in [0.05, 0.1) is 0 Å². The lowest BCUT2D eigenvalue weighted by Gasteiger charge is -2.19. The molecule has 0 bridgehead atoms. The minimum atomic E-state index is 0.494. The number of hydrogen-bond acceptors (Lipinski definition) is 5. The molecule has 0 unspecified atom stereocenters. The van der Waals surface area contributed by atoms with E-state index in [0.717, 1.165) is 24.6 Å². The average molecular weight is 291 g/mol. The first-order valence-electron chi connectivity index (χ1n) is 8.27. The van der Waals surface area contributed by atoms with Crippen LogP contribution in [0, 0.1) is 5.92 Å². The molecule has 1 saturated carbocycles. The van der Waals surface area contributed by atoms with E-state index in [1.54, 1.807) is 6.33 Å². The van der Waals surface area contributed by atoms with Crippen LogP contribution < -0.4 is 16.4 Å². The van der Waals surface area contributed by atoms with E-state index < -0.39 is 0 Å². The van der Waals surface area contributed by atoms with Crippen LogP contribution in [0.3, 0.4) is 0 Å². The number of anilines is 3. The highest BCUT2D eigenvalue weighted by Gasteiger charge is 2.15. The normalized spacial score (nSPS) is 16.7. The minimum absolute atomic E-state index is 0.494. The Morgan fingerprint density at radius 3 is 2.48 bits per heavy atom. The molecule has 118 valence electrons. The molecular weight excluding hydrogens is 262 g/mol. The van der Waals surface area contributed by atoms with Crippen LogP contribution in [0.2, 0.25) is 0 Å². The van der Waals surface area contributed by atoms with Gasteiger partial charge in [-0.25, -0.2) is 9.97 Å². The van der Waals surface area contributed by atoms with Crippen LogP contribution in [0.5, 0.6) is 0 Å². The van der Waals surface area contributed by atoms with Gasteiger partial charge >= 0.3 is 0 Å². The van der Waals surface area contributed by atoms with Crippen molar-refractivity contribution >= 4 is 17.3 Å². The van der Waals surface area contributed by atoms with Crippen LogP contribution >= 0.6 is 0 Å². The van der Waals surface area contributed by atoms with Gasteiger partial charge in [-0.2, -0.15) is 0 Å². The molecule has 0 spiro atoms. The van der Waals surface area contributed by atoms with Crippen LogP contribution in [0.1, 0.15) is 58.8 Å². The molecule has 1 aromatic rings. The quantitative estimate of drug-likeness (QED) is 0.697. The monoisotopic (exact) mass is 291 g/mol. The van der Waals surface area contributed by atoms with Gasteiger partial charge in [-0.15, -0.1) is 0 Å². The number of nitrogen functional groups attached to an aromatic ring is 1. The van der Waals surface area contributed by atoms with E-state index in [2.05, 4.69) is 34.4 Å². The first-order chi connectivity index (χ1) is 10.2. The summed E-state index contributed by atoms with van der Waals surface area (Å²) in [6, 6.07) is 0.494. The van der Waals surface area contributed by atoms with Crippen molar-refractivity contribution in [2.24, 2.45) is 5.92 Å². The Bertz CT molecular complexity index is 425. The lowest BCUT2D eigenvalue weighted by molar-refractivity contribution is 0.606. The molecule has 5 heteroatoms. The Balaban J connectivity index is 1.96. The van der Waals surface area contributed by atoms with Gasteiger partial charge in [0, 0.05) is 12.6 Å². The Morgan fingerprint density at radius 2 is 1.81 bits per heavy atom. The second-order valence-corrected chi connectivity index (χ2v) is 6.43. The lowest BCUT2D eigenvalue weighted by atomic mass is 10.1. The van der Waals surface area contributed by atoms with Gasteiger partial charge in [-0.1, -0.05) is 39.5 Å². The molecule has 0 aliphatic heterocycles. The number of nitrogens with zero attached hydrogens (tertiary/aromatic N) is 2.